The number of hydrogen-bond donors (Lipinski definition) is 1. The molecule has 1 atom stereocenters. The average Bonchev–Trinajstić information content (AvgIpc) is 3.07. The first-order valence-corrected chi connectivity index (χ1v) is 7.68. The van der Waals surface area contributed by atoms with Crippen LogP contribution in [-0.4, -0.2) is 28.3 Å². The second-order valence-corrected chi connectivity index (χ2v) is 6.53. The molecule has 114 valence electrons. The summed E-state index contributed by atoms with van der Waals surface area (Å²) >= 11 is 0. The molecule has 3 rings (SSSR count). The van der Waals surface area contributed by atoms with E-state index in [-0.39, 0.29) is 17.7 Å². The Labute approximate surface area is 124 Å². The molecule has 0 bridgehead atoms. The van der Waals surface area contributed by atoms with Gasteiger partial charge in [0.2, 0.25) is 11.8 Å². The van der Waals surface area contributed by atoms with Crippen molar-refractivity contribution in [2.75, 3.05) is 0 Å². The molecule has 21 heavy (non-hydrogen) atoms. The summed E-state index contributed by atoms with van der Waals surface area (Å²) in [6.07, 6.45) is 6.74. The lowest BCUT2D eigenvalue weighted by atomic mass is 9.87. The van der Waals surface area contributed by atoms with Crippen molar-refractivity contribution in [2.45, 2.75) is 57.7 Å². The van der Waals surface area contributed by atoms with Crippen LogP contribution in [0.5, 0.6) is 0 Å². The van der Waals surface area contributed by atoms with Crippen molar-refractivity contribution in [3.63, 3.8) is 0 Å². The summed E-state index contributed by atoms with van der Waals surface area (Å²) in [5.41, 5.74) is 0.267. The number of rotatable bonds is 3. The number of nitrogens with zero attached hydrogens (tertiary/aromatic N) is 1. The lowest BCUT2D eigenvalue weighted by Gasteiger charge is -2.45. The van der Waals surface area contributed by atoms with Crippen molar-refractivity contribution in [2.24, 2.45) is 5.92 Å². The molecule has 1 N–H and O–H groups in total. The number of piperazine rings is 1. The Morgan fingerprint density at radius 3 is 2.67 bits per heavy atom. The van der Waals surface area contributed by atoms with Crippen LogP contribution in [0.2, 0.25) is 0 Å². The van der Waals surface area contributed by atoms with Gasteiger partial charge < -0.3 is 14.6 Å². The standard InChI is InChI=1S/C16H22N2O3/c1-11(2)13-14(19)17-16(6-3-4-7-16)15(20)18(13)9-12-5-8-21-10-12/h5,8,10-11,13H,3-4,6-7,9H2,1-2H3,(H,17,19). The molecule has 5 heteroatoms. The van der Waals surface area contributed by atoms with Crippen LogP contribution in [0.1, 0.15) is 45.1 Å². The van der Waals surface area contributed by atoms with E-state index in [0.29, 0.717) is 6.54 Å². The second-order valence-electron chi connectivity index (χ2n) is 6.53. The molecule has 1 aromatic heterocycles. The molecule has 0 aromatic carbocycles. The smallest absolute Gasteiger partial charge is 0.249 e. The van der Waals surface area contributed by atoms with Crippen LogP contribution in [0.3, 0.4) is 0 Å². The van der Waals surface area contributed by atoms with Gasteiger partial charge in [0.05, 0.1) is 12.5 Å². The van der Waals surface area contributed by atoms with Gasteiger partial charge in [-0.3, -0.25) is 9.59 Å². The van der Waals surface area contributed by atoms with E-state index in [9.17, 15) is 9.59 Å². The number of carbonyl (C=O) groups is 2. The number of furan rings is 1. The van der Waals surface area contributed by atoms with Crippen molar-refractivity contribution in [1.82, 2.24) is 10.2 Å². The summed E-state index contributed by atoms with van der Waals surface area (Å²) in [6, 6.07) is 1.44. The van der Waals surface area contributed by atoms with Crippen LogP contribution in [0.4, 0.5) is 0 Å². The molecule has 1 aromatic rings. The Kier molecular flexibility index (Phi) is 3.51. The fourth-order valence-corrected chi connectivity index (χ4v) is 3.64. The predicted molar refractivity (Wildman–Crippen MR) is 77.2 cm³/mol. The first-order valence-electron chi connectivity index (χ1n) is 7.68. The molecule has 2 aliphatic rings. The summed E-state index contributed by atoms with van der Waals surface area (Å²) in [5, 5.41) is 3.03. The molecule has 1 saturated carbocycles. The average molecular weight is 290 g/mol. The largest absolute Gasteiger partial charge is 0.472 e. The zero-order valence-electron chi connectivity index (χ0n) is 12.6. The SMILES string of the molecule is CC(C)C1C(=O)NC2(CCCC2)C(=O)N1Cc1ccoc1. The maximum absolute atomic E-state index is 13.0. The van der Waals surface area contributed by atoms with Gasteiger partial charge >= 0.3 is 0 Å². The van der Waals surface area contributed by atoms with Crippen molar-refractivity contribution in [3.05, 3.63) is 24.2 Å². The molecule has 1 spiro atoms. The maximum atomic E-state index is 13.0. The van der Waals surface area contributed by atoms with Gasteiger partial charge in [-0.05, 0) is 24.8 Å². The van der Waals surface area contributed by atoms with Gasteiger partial charge in [0.25, 0.3) is 0 Å². The molecular formula is C16H22N2O3. The minimum Gasteiger partial charge on any atom is -0.472 e. The Morgan fingerprint density at radius 1 is 1.38 bits per heavy atom. The van der Waals surface area contributed by atoms with Crippen LogP contribution < -0.4 is 5.32 Å². The van der Waals surface area contributed by atoms with Crippen molar-refractivity contribution in [3.8, 4) is 0 Å². The van der Waals surface area contributed by atoms with Gasteiger partial charge in [-0.1, -0.05) is 26.7 Å². The normalized spacial score (nSPS) is 24.9. The van der Waals surface area contributed by atoms with Crippen LogP contribution in [0, 0.1) is 5.92 Å². The topological polar surface area (TPSA) is 62.6 Å². The highest BCUT2D eigenvalue weighted by atomic mass is 16.3. The third kappa shape index (κ3) is 2.34. The molecule has 2 heterocycles. The van der Waals surface area contributed by atoms with Gasteiger partial charge in [0, 0.05) is 12.1 Å². The molecule has 2 fully saturated rings. The van der Waals surface area contributed by atoms with E-state index < -0.39 is 11.6 Å². The van der Waals surface area contributed by atoms with Crippen molar-refractivity contribution < 1.29 is 14.0 Å². The zero-order chi connectivity index (χ0) is 15.0. The van der Waals surface area contributed by atoms with E-state index in [1.807, 2.05) is 19.9 Å². The number of amides is 2. The monoisotopic (exact) mass is 290 g/mol. The summed E-state index contributed by atoms with van der Waals surface area (Å²) in [5.74, 6) is 0.133. The third-order valence-corrected chi connectivity index (χ3v) is 4.66. The molecular weight excluding hydrogens is 268 g/mol. The maximum Gasteiger partial charge on any atom is 0.249 e. The summed E-state index contributed by atoms with van der Waals surface area (Å²) in [7, 11) is 0. The Bertz CT molecular complexity index is 530. The highest BCUT2D eigenvalue weighted by Crippen LogP contribution is 2.36. The summed E-state index contributed by atoms with van der Waals surface area (Å²) in [4.78, 5) is 27.3. The molecule has 1 aliphatic heterocycles. The van der Waals surface area contributed by atoms with Gasteiger partial charge in [0.1, 0.15) is 11.6 Å². The zero-order valence-corrected chi connectivity index (χ0v) is 12.6. The van der Waals surface area contributed by atoms with Gasteiger partial charge in [-0.15, -0.1) is 0 Å². The van der Waals surface area contributed by atoms with Gasteiger partial charge in [0.15, 0.2) is 0 Å². The Balaban J connectivity index is 1.92. The highest BCUT2D eigenvalue weighted by Gasteiger charge is 2.52. The molecule has 1 aliphatic carbocycles. The first-order chi connectivity index (χ1) is 10.0. The fourth-order valence-electron chi connectivity index (χ4n) is 3.64. The van der Waals surface area contributed by atoms with Gasteiger partial charge in [-0.25, -0.2) is 0 Å². The van der Waals surface area contributed by atoms with Crippen LogP contribution in [-0.2, 0) is 16.1 Å². The van der Waals surface area contributed by atoms with E-state index in [0.717, 1.165) is 31.2 Å². The summed E-state index contributed by atoms with van der Waals surface area (Å²) in [6.45, 7) is 4.40. The van der Waals surface area contributed by atoms with E-state index in [2.05, 4.69) is 5.32 Å². The lowest BCUT2D eigenvalue weighted by molar-refractivity contribution is -0.157. The van der Waals surface area contributed by atoms with E-state index in [1.54, 1.807) is 17.4 Å². The van der Waals surface area contributed by atoms with Crippen molar-refractivity contribution >= 4 is 11.8 Å². The third-order valence-electron chi connectivity index (χ3n) is 4.66. The summed E-state index contributed by atoms with van der Waals surface area (Å²) < 4.78 is 5.09. The quantitative estimate of drug-likeness (QED) is 0.927. The van der Waals surface area contributed by atoms with Gasteiger partial charge in [-0.2, -0.15) is 0 Å². The lowest BCUT2D eigenvalue weighted by Crippen LogP contribution is -2.70. The Morgan fingerprint density at radius 2 is 2.10 bits per heavy atom. The minimum atomic E-state index is -0.661. The van der Waals surface area contributed by atoms with E-state index in [1.165, 1.54) is 0 Å². The highest BCUT2D eigenvalue weighted by molar-refractivity contribution is 6.00. The molecule has 5 nitrogen and oxygen atoms in total. The predicted octanol–water partition coefficient (Wildman–Crippen LogP) is 2.08. The molecule has 1 saturated heterocycles. The van der Waals surface area contributed by atoms with Crippen molar-refractivity contribution in [1.29, 1.82) is 0 Å². The van der Waals surface area contributed by atoms with E-state index >= 15 is 0 Å². The molecule has 1 unspecified atom stereocenters. The van der Waals surface area contributed by atoms with Crippen LogP contribution >= 0.6 is 0 Å². The Hall–Kier alpha value is -1.78. The first kappa shape index (κ1) is 14.2. The molecule has 2 amide bonds. The number of carbonyl (C=O) groups excluding carboxylic acids is 2. The van der Waals surface area contributed by atoms with Crippen LogP contribution in [0.15, 0.2) is 23.0 Å². The van der Waals surface area contributed by atoms with E-state index in [4.69, 9.17) is 4.42 Å². The number of hydrogen-bond acceptors (Lipinski definition) is 3. The second kappa shape index (κ2) is 5.20. The van der Waals surface area contributed by atoms with Crippen LogP contribution in [0.25, 0.3) is 0 Å². The fraction of sp³-hybridized carbons (Fsp3) is 0.625. The number of nitrogens with one attached hydrogen (secondary N) is 1. The molecule has 0 radical (unpaired) electrons. The minimum absolute atomic E-state index is 0.0185.